The Labute approximate surface area is 335 Å². The standard InChI is InChI=1S/C42H32BrF6N3O6/c1-20-8-10-25(11-9-20)50-52-37(55)30-19-29-27(34(21-14-31(43)35(53)32(15-21)58-2)40(30,39(52)57)22-6-4-3-5-7-22)12-13-28-33(29)38(56)51(36(28)54)26-17-23(41(44,45)46)16-24(18-26)42(47,48)49/h3-12,14-18,28-30,33-34,50,53H,13,19H2,1-2H3/t28-,29+,30-,33-,34-,40+/m0/s1. The zero-order valence-electron chi connectivity index (χ0n) is 30.5. The smallest absolute Gasteiger partial charge is 0.416 e. The van der Waals surface area contributed by atoms with Crippen LogP contribution in [0.2, 0.25) is 0 Å². The number of nitrogens with zero attached hydrogens (tertiary/aromatic N) is 2. The number of aromatic hydroxyl groups is 1. The number of phenols is 1. The van der Waals surface area contributed by atoms with Crippen LogP contribution in [0.15, 0.2) is 101 Å². The average Bonchev–Trinajstić information content (AvgIpc) is 3.56. The first-order valence-corrected chi connectivity index (χ1v) is 18.9. The van der Waals surface area contributed by atoms with E-state index in [-0.39, 0.29) is 34.9 Å². The zero-order valence-corrected chi connectivity index (χ0v) is 32.1. The Hall–Kier alpha value is -5.64. The van der Waals surface area contributed by atoms with Crippen molar-refractivity contribution in [1.82, 2.24) is 5.01 Å². The average molecular weight is 869 g/mol. The summed E-state index contributed by atoms with van der Waals surface area (Å²) in [6.45, 7) is 1.87. The lowest BCUT2D eigenvalue weighted by atomic mass is 9.49. The van der Waals surface area contributed by atoms with Gasteiger partial charge in [-0.1, -0.05) is 59.7 Å². The molecule has 1 saturated carbocycles. The number of ether oxygens (including phenoxy) is 1. The second kappa shape index (κ2) is 13.7. The molecule has 3 fully saturated rings. The molecule has 8 rings (SSSR count). The number of fused-ring (bicyclic) bond motifs is 4. The Kier molecular flexibility index (Phi) is 9.29. The number of amides is 4. The van der Waals surface area contributed by atoms with Crippen LogP contribution in [0.25, 0.3) is 0 Å². The number of hydrogen-bond acceptors (Lipinski definition) is 7. The number of alkyl halides is 6. The molecular formula is C42H32BrF6N3O6. The molecule has 0 aromatic heterocycles. The predicted octanol–water partition coefficient (Wildman–Crippen LogP) is 8.70. The molecule has 0 unspecified atom stereocenters. The molecule has 4 aromatic rings. The second-order valence-electron chi connectivity index (χ2n) is 14.9. The normalized spacial score (nSPS) is 25.7. The fraction of sp³-hybridized carbons (Fsp3) is 0.286. The van der Waals surface area contributed by atoms with Gasteiger partial charge in [0.1, 0.15) is 0 Å². The molecule has 2 saturated heterocycles. The highest BCUT2D eigenvalue weighted by Crippen LogP contribution is 2.65. The van der Waals surface area contributed by atoms with E-state index in [4.69, 9.17) is 4.74 Å². The van der Waals surface area contributed by atoms with E-state index in [1.807, 2.05) is 6.92 Å². The largest absolute Gasteiger partial charge is 0.503 e. The summed E-state index contributed by atoms with van der Waals surface area (Å²) in [5.41, 5.74) is -0.389. The number of hydrazine groups is 1. The summed E-state index contributed by atoms with van der Waals surface area (Å²) in [7, 11) is 1.32. The van der Waals surface area contributed by atoms with Crippen LogP contribution in [0.5, 0.6) is 11.5 Å². The Morgan fingerprint density at radius 3 is 2.07 bits per heavy atom. The molecule has 0 radical (unpaired) electrons. The minimum Gasteiger partial charge on any atom is -0.503 e. The van der Waals surface area contributed by atoms with Crippen molar-refractivity contribution >= 4 is 50.9 Å². The maximum Gasteiger partial charge on any atom is 0.416 e. The highest BCUT2D eigenvalue weighted by molar-refractivity contribution is 9.10. The van der Waals surface area contributed by atoms with Gasteiger partial charge in [-0.3, -0.25) is 24.6 Å². The number of nitrogens with one attached hydrogen (secondary N) is 1. The van der Waals surface area contributed by atoms with Gasteiger partial charge in [-0.15, -0.1) is 0 Å². The van der Waals surface area contributed by atoms with Gasteiger partial charge < -0.3 is 9.84 Å². The number of allylic oxidation sites excluding steroid dienone is 2. The van der Waals surface area contributed by atoms with Crippen LogP contribution in [0, 0.1) is 30.6 Å². The summed E-state index contributed by atoms with van der Waals surface area (Å²) in [5.74, 6) is -9.37. The topological polar surface area (TPSA) is 116 Å². The van der Waals surface area contributed by atoms with E-state index in [9.17, 15) is 45.8 Å². The minimum atomic E-state index is -5.24. The van der Waals surface area contributed by atoms with Crippen molar-refractivity contribution in [1.29, 1.82) is 0 Å². The van der Waals surface area contributed by atoms with E-state index in [1.165, 1.54) is 13.2 Å². The number of carbonyl (C=O) groups is 4. The van der Waals surface area contributed by atoms with Crippen molar-refractivity contribution in [3.05, 3.63) is 129 Å². The molecule has 9 nitrogen and oxygen atoms in total. The van der Waals surface area contributed by atoms with E-state index in [2.05, 4.69) is 21.4 Å². The van der Waals surface area contributed by atoms with Gasteiger partial charge in [-0.2, -0.15) is 31.4 Å². The van der Waals surface area contributed by atoms with Crippen molar-refractivity contribution in [2.45, 2.75) is 43.5 Å². The van der Waals surface area contributed by atoms with Gasteiger partial charge in [0, 0.05) is 5.92 Å². The van der Waals surface area contributed by atoms with E-state index in [0.29, 0.717) is 39.4 Å². The van der Waals surface area contributed by atoms with Crippen LogP contribution in [0.3, 0.4) is 0 Å². The van der Waals surface area contributed by atoms with Crippen LogP contribution in [0.4, 0.5) is 37.7 Å². The zero-order chi connectivity index (χ0) is 41.6. The molecule has 4 aliphatic rings. The summed E-state index contributed by atoms with van der Waals surface area (Å²) >= 11 is 3.37. The predicted molar refractivity (Wildman–Crippen MR) is 200 cm³/mol. The lowest BCUT2D eigenvalue weighted by molar-refractivity contribution is -0.143. The van der Waals surface area contributed by atoms with Crippen molar-refractivity contribution in [3.63, 3.8) is 0 Å². The number of aryl methyl sites for hydroxylation is 1. The van der Waals surface area contributed by atoms with E-state index in [0.717, 1.165) is 10.6 Å². The number of phenolic OH excluding ortho intramolecular Hbond substituents is 1. The molecule has 2 aliphatic heterocycles. The van der Waals surface area contributed by atoms with Crippen LogP contribution < -0.4 is 15.1 Å². The molecule has 6 atom stereocenters. The van der Waals surface area contributed by atoms with Gasteiger partial charge >= 0.3 is 12.4 Å². The van der Waals surface area contributed by atoms with Crippen molar-refractivity contribution in [2.24, 2.45) is 23.7 Å². The van der Waals surface area contributed by atoms with Gasteiger partial charge in [0.15, 0.2) is 11.5 Å². The van der Waals surface area contributed by atoms with Gasteiger partial charge in [0.2, 0.25) is 11.8 Å². The number of rotatable bonds is 6. The molecule has 16 heteroatoms. The molecule has 4 aromatic carbocycles. The van der Waals surface area contributed by atoms with Crippen LogP contribution >= 0.6 is 15.9 Å². The van der Waals surface area contributed by atoms with Gasteiger partial charge in [-0.05, 0) is 95.2 Å². The first-order chi connectivity index (χ1) is 27.4. The molecule has 0 bridgehead atoms. The van der Waals surface area contributed by atoms with Crippen LogP contribution in [-0.4, -0.2) is 40.9 Å². The highest BCUT2D eigenvalue weighted by atomic mass is 79.9. The Balaban J connectivity index is 1.32. The maximum absolute atomic E-state index is 15.3. The maximum atomic E-state index is 15.3. The van der Waals surface area contributed by atoms with Crippen molar-refractivity contribution in [2.75, 3.05) is 17.4 Å². The lowest BCUT2D eigenvalue weighted by Gasteiger charge is -2.50. The van der Waals surface area contributed by atoms with E-state index < -0.39 is 87.8 Å². The molecule has 58 heavy (non-hydrogen) atoms. The molecular weight excluding hydrogens is 836 g/mol. The van der Waals surface area contributed by atoms with Gasteiger partial charge in [0.05, 0.1) is 57.3 Å². The van der Waals surface area contributed by atoms with E-state index >= 15 is 4.79 Å². The second-order valence-corrected chi connectivity index (χ2v) is 15.8. The number of benzene rings is 4. The SMILES string of the molecule is COc1cc([C@H]2C3=CC[C@@H]4C(=O)N(c5cc(C(F)(F)F)cc(C(F)(F)F)c5)C(=O)[C@@H]4[C@@H]3C[C@H]3C(=O)N(Nc4ccc(C)cc4)C(=O)[C@@]23c2ccccc2)cc(Br)c1O. The van der Waals surface area contributed by atoms with Gasteiger partial charge in [-0.25, -0.2) is 4.90 Å². The Morgan fingerprint density at radius 2 is 1.47 bits per heavy atom. The summed E-state index contributed by atoms with van der Waals surface area (Å²) in [6.07, 6.45) is -9.14. The third-order valence-electron chi connectivity index (χ3n) is 11.8. The summed E-state index contributed by atoms with van der Waals surface area (Å²) in [4.78, 5) is 59.2. The number of halogens is 7. The van der Waals surface area contributed by atoms with Gasteiger partial charge in [0.25, 0.3) is 11.8 Å². The minimum absolute atomic E-state index is 0.00951. The number of anilines is 2. The monoisotopic (exact) mass is 867 g/mol. The third-order valence-corrected chi connectivity index (χ3v) is 12.4. The van der Waals surface area contributed by atoms with E-state index in [1.54, 1.807) is 66.7 Å². The molecule has 300 valence electrons. The fourth-order valence-electron chi connectivity index (χ4n) is 9.36. The molecule has 2 aliphatic carbocycles. The number of carbonyl (C=O) groups excluding carboxylic acids is 4. The molecule has 0 spiro atoms. The Bertz CT molecular complexity index is 2390. The number of imide groups is 2. The number of hydrogen-bond donors (Lipinski definition) is 2. The fourth-order valence-corrected chi connectivity index (χ4v) is 9.82. The molecule has 4 amide bonds. The van der Waals surface area contributed by atoms with Crippen molar-refractivity contribution in [3.8, 4) is 11.5 Å². The van der Waals surface area contributed by atoms with Crippen LogP contribution in [-0.2, 0) is 36.9 Å². The number of methoxy groups -OCH3 is 1. The Morgan fingerprint density at radius 1 is 0.828 bits per heavy atom. The molecule has 2 N–H and O–H groups in total. The summed E-state index contributed by atoms with van der Waals surface area (Å²) in [5, 5.41) is 11.8. The highest BCUT2D eigenvalue weighted by Gasteiger charge is 2.70. The summed E-state index contributed by atoms with van der Waals surface area (Å²) < 4.78 is 89.3. The first-order valence-electron chi connectivity index (χ1n) is 18.1. The van der Waals surface area contributed by atoms with Crippen LogP contribution in [0.1, 0.15) is 46.6 Å². The molecule has 2 heterocycles. The summed E-state index contributed by atoms with van der Waals surface area (Å²) in [6, 6.07) is 19.2. The quantitative estimate of drug-likeness (QED) is 0.113. The first kappa shape index (κ1) is 39.2. The van der Waals surface area contributed by atoms with Crippen molar-refractivity contribution < 1.29 is 55.4 Å². The lowest BCUT2D eigenvalue weighted by Crippen LogP contribution is -2.53. The third kappa shape index (κ3) is 5.97.